The molecular weight excluding hydrogens is 252 g/mol. The van der Waals surface area contributed by atoms with Gasteiger partial charge < -0.3 is 15.0 Å². The molecule has 1 fully saturated rings. The number of hydrogen-bond acceptors (Lipinski definition) is 3. The predicted octanol–water partition coefficient (Wildman–Crippen LogP) is 3.19. The normalized spacial score (nSPS) is 17.7. The fraction of sp³-hybridized carbons (Fsp3) is 0.812. The number of likely N-dealkylation sites (tertiary alicyclic amines) is 1. The Morgan fingerprint density at radius 2 is 2.00 bits per heavy atom. The van der Waals surface area contributed by atoms with Crippen LogP contribution < -0.4 is 5.32 Å². The standard InChI is InChI=1S/C16H30N2O2/c1-5-6-7-10-17-13-14-8-11-18(12-9-14)15(19)20-16(2,3)4/h5-6,14,17H,7-13H2,1-4H3/b6-5+. The van der Waals surface area contributed by atoms with Gasteiger partial charge in [0, 0.05) is 13.1 Å². The molecule has 1 rings (SSSR count). The Morgan fingerprint density at radius 3 is 2.55 bits per heavy atom. The summed E-state index contributed by atoms with van der Waals surface area (Å²) in [7, 11) is 0. The van der Waals surface area contributed by atoms with Crippen molar-refractivity contribution in [3.05, 3.63) is 12.2 Å². The van der Waals surface area contributed by atoms with Gasteiger partial charge in [0.2, 0.25) is 0 Å². The van der Waals surface area contributed by atoms with Gasteiger partial charge in [0.05, 0.1) is 0 Å². The second-order valence-corrected chi connectivity index (χ2v) is 6.47. The van der Waals surface area contributed by atoms with Gasteiger partial charge in [0.1, 0.15) is 5.60 Å². The van der Waals surface area contributed by atoms with Crippen molar-refractivity contribution in [3.63, 3.8) is 0 Å². The van der Waals surface area contributed by atoms with Crippen LogP contribution in [0, 0.1) is 5.92 Å². The summed E-state index contributed by atoms with van der Waals surface area (Å²) in [6, 6.07) is 0. The molecule has 1 N–H and O–H groups in total. The molecule has 0 spiro atoms. The van der Waals surface area contributed by atoms with Crippen molar-refractivity contribution >= 4 is 6.09 Å². The molecule has 0 atom stereocenters. The van der Waals surface area contributed by atoms with E-state index in [1.165, 1.54) is 0 Å². The lowest BCUT2D eigenvalue weighted by Crippen LogP contribution is -2.43. The molecule has 0 unspecified atom stereocenters. The van der Waals surface area contributed by atoms with Crippen LogP contribution in [-0.4, -0.2) is 42.8 Å². The van der Waals surface area contributed by atoms with Crippen molar-refractivity contribution in [2.45, 2.75) is 52.6 Å². The molecule has 0 aromatic rings. The van der Waals surface area contributed by atoms with Gasteiger partial charge in [-0.1, -0.05) is 12.2 Å². The maximum atomic E-state index is 11.9. The first kappa shape index (κ1) is 17.0. The van der Waals surface area contributed by atoms with Crippen LogP contribution in [0.5, 0.6) is 0 Å². The lowest BCUT2D eigenvalue weighted by molar-refractivity contribution is 0.0184. The van der Waals surface area contributed by atoms with E-state index >= 15 is 0 Å². The molecule has 4 heteroatoms. The fourth-order valence-electron chi connectivity index (χ4n) is 2.30. The van der Waals surface area contributed by atoms with Crippen molar-refractivity contribution in [2.75, 3.05) is 26.2 Å². The van der Waals surface area contributed by atoms with E-state index in [0.29, 0.717) is 5.92 Å². The minimum atomic E-state index is -0.401. The van der Waals surface area contributed by atoms with Crippen molar-refractivity contribution in [1.29, 1.82) is 0 Å². The first-order chi connectivity index (χ1) is 9.42. The van der Waals surface area contributed by atoms with Crippen LogP contribution in [0.4, 0.5) is 4.79 Å². The first-order valence-electron chi connectivity index (χ1n) is 7.72. The zero-order chi connectivity index (χ0) is 15.0. The predicted molar refractivity (Wildman–Crippen MR) is 82.8 cm³/mol. The maximum absolute atomic E-state index is 11.9. The van der Waals surface area contributed by atoms with Crippen LogP contribution in [0.3, 0.4) is 0 Å². The Hall–Kier alpha value is -1.03. The van der Waals surface area contributed by atoms with Crippen LogP contribution >= 0.6 is 0 Å². The van der Waals surface area contributed by atoms with Gasteiger partial charge in [-0.05, 0) is 66.0 Å². The number of nitrogens with one attached hydrogen (secondary N) is 1. The van der Waals surface area contributed by atoms with E-state index in [1.54, 1.807) is 0 Å². The zero-order valence-electron chi connectivity index (χ0n) is 13.4. The molecule has 0 saturated carbocycles. The molecule has 0 aromatic heterocycles. The molecule has 0 bridgehead atoms. The van der Waals surface area contributed by atoms with Crippen LogP contribution in [0.1, 0.15) is 47.0 Å². The van der Waals surface area contributed by atoms with E-state index in [1.807, 2.05) is 32.6 Å². The number of carbonyl (C=O) groups is 1. The Morgan fingerprint density at radius 1 is 1.35 bits per heavy atom. The molecule has 1 aliphatic heterocycles. The summed E-state index contributed by atoms with van der Waals surface area (Å²) < 4.78 is 5.40. The number of allylic oxidation sites excluding steroid dienone is 1. The molecule has 20 heavy (non-hydrogen) atoms. The Labute approximate surface area is 123 Å². The lowest BCUT2D eigenvalue weighted by Gasteiger charge is -2.33. The van der Waals surface area contributed by atoms with Gasteiger partial charge in [-0.2, -0.15) is 0 Å². The molecule has 4 nitrogen and oxygen atoms in total. The number of hydrogen-bond donors (Lipinski definition) is 1. The summed E-state index contributed by atoms with van der Waals surface area (Å²) in [6.07, 6.45) is 7.31. The highest BCUT2D eigenvalue weighted by atomic mass is 16.6. The topological polar surface area (TPSA) is 41.6 Å². The highest BCUT2D eigenvalue weighted by Gasteiger charge is 2.26. The van der Waals surface area contributed by atoms with Gasteiger partial charge in [0.15, 0.2) is 0 Å². The van der Waals surface area contributed by atoms with Crippen LogP contribution in [0.25, 0.3) is 0 Å². The Bertz CT molecular complexity index is 313. The van der Waals surface area contributed by atoms with E-state index < -0.39 is 5.60 Å². The SMILES string of the molecule is C/C=C/CCNCC1CCN(C(=O)OC(C)(C)C)CC1. The lowest BCUT2D eigenvalue weighted by atomic mass is 9.97. The number of nitrogens with zero attached hydrogens (tertiary/aromatic N) is 1. The van der Waals surface area contributed by atoms with Crippen molar-refractivity contribution < 1.29 is 9.53 Å². The molecule has 1 saturated heterocycles. The minimum Gasteiger partial charge on any atom is -0.444 e. The van der Waals surface area contributed by atoms with Gasteiger partial charge >= 0.3 is 6.09 Å². The molecular formula is C16H30N2O2. The van der Waals surface area contributed by atoms with Crippen molar-refractivity contribution in [3.8, 4) is 0 Å². The molecule has 1 amide bonds. The summed E-state index contributed by atoms with van der Waals surface area (Å²) in [5.41, 5.74) is -0.401. The number of piperidine rings is 1. The molecule has 0 radical (unpaired) electrons. The van der Waals surface area contributed by atoms with Crippen molar-refractivity contribution in [1.82, 2.24) is 10.2 Å². The van der Waals surface area contributed by atoms with Gasteiger partial charge in [-0.25, -0.2) is 4.79 Å². The van der Waals surface area contributed by atoms with E-state index in [2.05, 4.69) is 17.5 Å². The van der Waals surface area contributed by atoms with Crippen LogP contribution in [0.15, 0.2) is 12.2 Å². The van der Waals surface area contributed by atoms with E-state index in [0.717, 1.165) is 45.4 Å². The third kappa shape index (κ3) is 6.94. The summed E-state index contributed by atoms with van der Waals surface area (Å²) in [6.45, 7) is 11.5. The van der Waals surface area contributed by atoms with Crippen LogP contribution in [-0.2, 0) is 4.74 Å². The average Bonchev–Trinajstić information content (AvgIpc) is 2.37. The summed E-state index contributed by atoms with van der Waals surface area (Å²) in [4.78, 5) is 13.8. The second-order valence-electron chi connectivity index (χ2n) is 6.47. The van der Waals surface area contributed by atoms with Gasteiger partial charge in [-0.15, -0.1) is 0 Å². The third-order valence-electron chi connectivity index (χ3n) is 3.42. The van der Waals surface area contributed by atoms with E-state index in [9.17, 15) is 4.79 Å². The number of amides is 1. The first-order valence-corrected chi connectivity index (χ1v) is 7.72. The van der Waals surface area contributed by atoms with Crippen LogP contribution in [0.2, 0.25) is 0 Å². The summed E-state index contributed by atoms with van der Waals surface area (Å²) >= 11 is 0. The van der Waals surface area contributed by atoms with E-state index in [-0.39, 0.29) is 6.09 Å². The fourth-order valence-corrected chi connectivity index (χ4v) is 2.30. The van der Waals surface area contributed by atoms with Gasteiger partial charge in [0.25, 0.3) is 0 Å². The molecule has 1 heterocycles. The van der Waals surface area contributed by atoms with Gasteiger partial charge in [-0.3, -0.25) is 0 Å². The maximum Gasteiger partial charge on any atom is 0.410 e. The zero-order valence-corrected chi connectivity index (χ0v) is 13.4. The Kier molecular flexibility index (Phi) is 7.06. The van der Waals surface area contributed by atoms with Crippen molar-refractivity contribution in [2.24, 2.45) is 5.92 Å². The molecule has 1 aliphatic rings. The number of rotatable bonds is 5. The summed E-state index contributed by atoms with van der Waals surface area (Å²) in [5, 5.41) is 3.49. The highest BCUT2D eigenvalue weighted by Crippen LogP contribution is 2.19. The smallest absolute Gasteiger partial charge is 0.410 e. The average molecular weight is 282 g/mol. The Balaban J connectivity index is 2.18. The second kappa shape index (κ2) is 8.30. The molecule has 116 valence electrons. The monoisotopic (exact) mass is 282 g/mol. The minimum absolute atomic E-state index is 0.169. The largest absolute Gasteiger partial charge is 0.444 e. The summed E-state index contributed by atoms with van der Waals surface area (Å²) in [5.74, 6) is 0.680. The van der Waals surface area contributed by atoms with E-state index in [4.69, 9.17) is 4.74 Å². The molecule has 0 aromatic carbocycles. The number of ether oxygens (including phenoxy) is 1. The molecule has 0 aliphatic carbocycles. The highest BCUT2D eigenvalue weighted by molar-refractivity contribution is 5.68. The quantitative estimate of drug-likeness (QED) is 0.622. The third-order valence-corrected chi connectivity index (χ3v) is 3.42. The number of carbonyl (C=O) groups excluding carboxylic acids is 1.